The van der Waals surface area contributed by atoms with Crippen molar-refractivity contribution in [1.29, 1.82) is 0 Å². The van der Waals surface area contributed by atoms with Crippen LogP contribution < -0.4 is 14.8 Å². The highest BCUT2D eigenvalue weighted by atomic mass is 19.3. The third-order valence-corrected chi connectivity index (χ3v) is 4.91. The van der Waals surface area contributed by atoms with E-state index < -0.39 is 19.2 Å². The standard InChI is InChI=1S/C24H28F3NO3/c1-4-22(29)28-14-5-15-30-19-10-6-17(7-11-19)24(2,3)18-8-12-20(13-9-18)31-16-21(25)23(26)27/h4,6-13,21,23H,1,5,14-16H2,2-3H3,(H,28,29). The molecule has 0 heterocycles. The number of rotatable bonds is 12. The van der Waals surface area contributed by atoms with Crippen molar-refractivity contribution in [1.82, 2.24) is 5.32 Å². The van der Waals surface area contributed by atoms with Crippen molar-refractivity contribution in [2.24, 2.45) is 0 Å². The summed E-state index contributed by atoms with van der Waals surface area (Å²) in [5, 5.41) is 2.69. The largest absolute Gasteiger partial charge is 0.494 e. The summed E-state index contributed by atoms with van der Waals surface area (Å²) in [6.45, 7) is 7.84. The molecule has 0 aliphatic carbocycles. The summed E-state index contributed by atoms with van der Waals surface area (Å²) in [5.74, 6) is 0.875. The number of nitrogens with one attached hydrogen (secondary N) is 1. The van der Waals surface area contributed by atoms with Gasteiger partial charge in [-0.05, 0) is 47.9 Å². The van der Waals surface area contributed by atoms with Crippen LogP contribution in [-0.4, -0.2) is 38.3 Å². The second kappa shape index (κ2) is 11.4. The zero-order valence-electron chi connectivity index (χ0n) is 17.7. The lowest BCUT2D eigenvalue weighted by Gasteiger charge is -2.26. The van der Waals surface area contributed by atoms with Gasteiger partial charge in [0.05, 0.1) is 6.61 Å². The van der Waals surface area contributed by atoms with Crippen molar-refractivity contribution in [2.75, 3.05) is 19.8 Å². The van der Waals surface area contributed by atoms with Crippen LogP contribution in [0, 0.1) is 0 Å². The summed E-state index contributed by atoms with van der Waals surface area (Å²) < 4.78 is 48.2. The Morgan fingerprint density at radius 1 is 1.00 bits per heavy atom. The second-order valence-corrected chi connectivity index (χ2v) is 7.53. The van der Waals surface area contributed by atoms with Gasteiger partial charge in [-0.15, -0.1) is 0 Å². The quantitative estimate of drug-likeness (QED) is 0.374. The Morgan fingerprint density at radius 3 is 2.00 bits per heavy atom. The van der Waals surface area contributed by atoms with Gasteiger partial charge in [-0.25, -0.2) is 13.2 Å². The predicted octanol–water partition coefficient (Wildman–Crippen LogP) is 5.07. The van der Waals surface area contributed by atoms with E-state index in [0.717, 1.165) is 16.9 Å². The van der Waals surface area contributed by atoms with Crippen molar-refractivity contribution in [2.45, 2.75) is 38.3 Å². The Hall–Kier alpha value is -2.96. The molecule has 1 atom stereocenters. The summed E-state index contributed by atoms with van der Waals surface area (Å²) in [7, 11) is 0. The van der Waals surface area contributed by atoms with Gasteiger partial charge in [-0.2, -0.15) is 0 Å². The maximum Gasteiger partial charge on any atom is 0.272 e. The highest BCUT2D eigenvalue weighted by Crippen LogP contribution is 2.33. The number of carbonyl (C=O) groups is 1. The molecule has 168 valence electrons. The van der Waals surface area contributed by atoms with E-state index in [0.29, 0.717) is 25.3 Å². The van der Waals surface area contributed by atoms with Gasteiger partial charge in [-0.3, -0.25) is 4.79 Å². The van der Waals surface area contributed by atoms with Gasteiger partial charge in [-0.1, -0.05) is 44.7 Å². The molecule has 0 aliphatic rings. The number of carbonyl (C=O) groups excluding carboxylic acids is 1. The number of amides is 1. The van der Waals surface area contributed by atoms with Crippen LogP contribution in [0.25, 0.3) is 0 Å². The van der Waals surface area contributed by atoms with Gasteiger partial charge in [0.25, 0.3) is 6.43 Å². The monoisotopic (exact) mass is 435 g/mol. The molecule has 0 saturated carbocycles. The smallest absolute Gasteiger partial charge is 0.272 e. The van der Waals surface area contributed by atoms with E-state index in [4.69, 9.17) is 9.47 Å². The van der Waals surface area contributed by atoms with Crippen LogP contribution in [-0.2, 0) is 10.2 Å². The molecule has 0 aromatic heterocycles. The summed E-state index contributed by atoms with van der Waals surface area (Å²) >= 11 is 0. The molecular formula is C24H28F3NO3. The van der Waals surface area contributed by atoms with E-state index in [9.17, 15) is 18.0 Å². The lowest BCUT2D eigenvalue weighted by molar-refractivity contribution is -0.116. The molecule has 7 heteroatoms. The van der Waals surface area contributed by atoms with E-state index in [2.05, 4.69) is 25.7 Å². The Balaban J connectivity index is 1.91. The molecule has 0 aliphatic heterocycles. The Kier molecular flexibility index (Phi) is 8.97. The lowest BCUT2D eigenvalue weighted by Crippen LogP contribution is -2.23. The van der Waals surface area contributed by atoms with Gasteiger partial charge < -0.3 is 14.8 Å². The fourth-order valence-corrected chi connectivity index (χ4v) is 2.90. The van der Waals surface area contributed by atoms with E-state index in [1.807, 2.05) is 36.4 Å². The summed E-state index contributed by atoms with van der Waals surface area (Å²) in [4.78, 5) is 11.1. The molecule has 0 saturated heterocycles. The molecule has 0 fully saturated rings. The molecule has 31 heavy (non-hydrogen) atoms. The average molecular weight is 435 g/mol. The lowest BCUT2D eigenvalue weighted by atomic mass is 9.78. The van der Waals surface area contributed by atoms with E-state index >= 15 is 0 Å². The van der Waals surface area contributed by atoms with Gasteiger partial charge in [0.15, 0.2) is 6.17 Å². The third-order valence-electron chi connectivity index (χ3n) is 4.91. The molecule has 0 radical (unpaired) electrons. The highest BCUT2D eigenvalue weighted by molar-refractivity contribution is 5.86. The van der Waals surface area contributed by atoms with Crippen molar-refractivity contribution in [3.05, 3.63) is 72.3 Å². The molecule has 0 bridgehead atoms. The van der Waals surface area contributed by atoms with Crippen molar-refractivity contribution in [3.8, 4) is 11.5 Å². The van der Waals surface area contributed by atoms with Crippen molar-refractivity contribution >= 4 is 5.91 Å². The Bertz CT molecular complexity index is 836. The number of halogens is 3. The summed E-state index contributed by atoms with van der Waals surface area (Å²) in [5.41, 5.74) is 1.74. The molecular weight excluding hydrogens is 407 g/mol. The average Bonchev–Trinajstić information content (AvgIpc) is 2.77. The van der Waals surface area contributed by atoms with Gasteiger partial charge in [0.2, 0.25) is 5.91 Å². The number of benzene rings is 2. The minimum Gasteiger partial charge on any atom is -0.494 e. The van der Waals surface area contributed by atoms with E-state index in [1.165, 1.54) is 6.08 Å². The Labute approximate surface area is 181 Å². The SMILES string of the molecule is C=CC(=O)NCCCOc1ccc(C(C)(C)c2ccc(OCC(F)C(F)F)cc2)cc1. The molecule has 2 rings (SSSR count). The number of hydrogen-bond acceptors (Lipinski definition) is 3. The molecule has 1 N–H and O–H groups in total. The van der Waals surface area contributed by atoms with Crippen molar-refractivity contribution < 1.29 is 27.4 Å². The van der Waals surface area contributed by atoms with Crippen LogP contribution in [0.3, 0.4) is 0 Å². The summed E-state index contributed by atoms with van der Waals surface area (Å²) in [6.07, 6.45) is -3.44. The fourth-order valence-electron chi connectivity index (χ4n) is 2.90. The van der Waals surface area contributed by atoms with Crippen LogP contribution in [0.5, 0.6) is 11.5 Å². The topological polar surface area (TPSA) is 47.6 Å². The highest BCUT2D eigenvalue weighted by Gasteiger charge is 2.24. The zero-order chi connectivity index (χ0) is 22.9. The Morgan fingerprint density at radius 2 is 1.52 bits per heavy atom. The molecule has 4 nitrogen and oxygen atoms in total. The zero-order valence-corrected chi connectivity index (χ0v) is 17.7. The van der Waals surface area contributed by atoms with Crippen LogP contribution >= 0.6 is 0 Å². The van der Waals surface area contributed by atoms with Crippen LogP contribution in [0.4, 0.5) is 13.2 Å². The van der Waals surface area contributed by atoms with E-state index in [-0.39, 0.29) is 11.3 Å². The first-order valence-corrected chi connectivity index (χ1v) is 10.0. The minimum atomic E-state index is -3.05. The van der Waals surface area contributed by atoms with Gasteiger partial charge >= 0.3 is 0 Å². The predicted molar refractivity (Wildman–Crippen MR) is 115 cm³/mol. The normalized spacial score (nSPS) is 12.3. The molecule has 2 aromatic carbocycles. The summed E-state index contributed by atoms with van der Waals surface area (Å²) in [6, 6.07) is 14.7. The van der Waals surface area contributed by atoms with Gasteiger partial charge in [0, 0.05) is 12.0 Å². The minimum absolute atomic E-state index is 0.203. The molecule has 1 amide bonds. The third kappa shape index (κ3) is 7.35. The molecule has 0 spiro atoms. The molecule has 2 aromatic rings. The maximum atomic E-state index is 13.0. The van der Waals surface area contributed by atoms with Crippen LogP contribution in [0.15, 0.2) is 61.2 Å². The number of alkyl halides is 3. The maximum absolute atomic E-state index is 13.0. The first-order valence-electron chi connectivity index (χ1n) is 10.0. The van der Waals surface area contributed by atoms with Crippen LogP contribution in [0.2, 0.25) is 0 Å². The number of ether oxygens (including phenoxy) is 2. The first-order chi connectivity index (χ1) is 14.7. The van der Waals surface area contributed by atoms with Crippen LogP contribution in [0.1, 0.15) is 31.4 Å². The molecule has 1 unspecified atom stereocenters. The first kappa shape index (κ1) is 24.3. The number of hydrogen-bond donors (Lipinski definition) is 1. The van der Waals surface area contributed by atoms with E-state index in [1.54, 1.807) is 12.1 Å². The fraction of sp³-hybridized carbons (Fsp3) is 0.375. The van der Waals surface area contributed by atoms with Crippen molar-refractivity contribution in [3.63, 3.8) is 0 Å². The second-order valence-electron chi connectivity index (χ2n) is 7.53. The van der Waals surface area contributed by atoms with Gasteiger partial charge in [0.1, 0.15) is 18.1 Å².